The van der Waals surface area contributed by atoms with E-state index in [1.165, 1.54) is 32.2 Å². The summed E-state index contributed by atoms with van der Waals surface area (Å²) >= 11 is 12.4. The second-order valence-electron chi connectivity index (χ2n) is 7.81. The van der Waals surface area contributed by atoms with Gasteiger partial charge < -0.3 is 15.2 Å². The number of carbonyl (C=O) groups excluding carboxylic acids is 1. The van der Waals surface area contributed by atoms with Crippen LogP contribution in [0.3, 0.4) is 0 Å². The van der Waals surface area contributed by atoms with Gasteiger partial charge in [-0.15, -0.1) is 5.11 Å². The number of para-hydroxylation sites is 1. The molecule has 0 saturated heterocycles. The molecule has 190 valence electrons. The van der Waals surface area contributed by atoms with Gasteiger partial charge in [-0.05, 0) is 42.1 Å². The zero-order valence-electron chi connectivity index (χ0n) is 20.3. The zero-order valence-corrected chi connectivity index (χ0v) is 24.6. The summed E-state index contributed by atoms with van der Waals surface area (Å²) in [6.45, 7) is 1.45. The fourth-order valence-electron chi connectivity index (χ4n) is 3.69. The van der Waals surface area contributed by atoms with Crippen LogP contribution in [-0.2, 0) is 10.1 Å². The number of benzene rings is 4. The summed E-state index contributed by atoms with van der Waals surface area (Å²) in [7, 11) is -3.22. The fourth-order valence-corrected chi connectivity index (χ4v) is 5.26. The quantitative estimate of drug-likeness (QED) is 0.203. The summed E-state index contributed by atoms with van der Waals surface area (Å²) < 4.78 is 38.3. The third-order valence-corrected chi connectivity index (χ3v) is 7.29. The van der Waals surface area contributed by atoms with E-state index in [0.717, 1.165) is 0 Å². The Morgan fingerprint density at radius 3 is 2.45 bits per heavy atom. The number of amides is 1. The Morgan fingerprint density at radius 1 is 1.05 bits per heavy atom. The molecule has 0 spiro atoms. The van der Waals surface area contributed by atoms with Crippen molar-refractivity contribution in [2.45, 2.75) is 11.8 Å². The van der Waals surface area contributed by atoms with Crippen LogP contribution in [0.25, 0.3) is 10.8 Å². The molecule has 4 aromatic carbocycles. The van der Waals surface area contributed by atoms with Gasteiger partial charge in [0.05, 0.1) is 22.8 Å². The van der Waals surface area contributed by atoms with Gasteiger partial charge in [0.1, 0.15) is 22.0 Å². The Balaban J connectivity index is 0.00000400. The second-order valence-corrected chi connectivity index (χ2v) is 9.96. The number of nitrogens with zero attached hydrogens (tertiary/aromatic N) is 2. The fraction of sp³-hybridized carbons (Fsp3) is 0.0800. The Labute approximate surface area is 250 Å². The molecule has 0 radical (unpaired) electrons. The zero-order chi connectivity index (χ0) is 26.9. The van der Waals surface area contributed by atoms with Gasteiger partial charge in [0.25, 0.3) is 16.0 Å². The molecule has 0 atom stereocenters. The van der Waals surface area contributed by atoms with E-state index in [2.05, 4.69) is 15.5 Å². The van der Waals surface area contributed by atoms with Crippen LogP contribution in [0.15, 0.2) is 75.8 Å². The number of nitrogens with one attached hydrogen (secondary N) is 1. The Kier molecular flexibility index (Phi) is 9.43. The summed E-state index contributed by atoms with van der Waals surface area (Å²) in [6.07, 6.45) is 0. The van der Waals surface area contributed by atoms with Gasteiger partial charge >= 0.3 is 29.6 Å². The maximum atomic E-state index is 13.4. The van der Waals surface area contributed by atoms with Crippen LogP contribution in [0.4, 0.5) is 17.1 Å². The first-order valence-corrected chi connectivity index (χ1v) is 12.8. The topological polar surface area (TPSA) is 140 Å². The molecule has 1 amide bonds. The van der Waals surface area contributed by atoms with E-state index in [1.54, 1.807) is 42.5 Å². The number of hydrogen-bond acceptors (Lipinski definition) is 7. The van der Waals surface area contributed by atoms with Crippen molar-refractivity contribution in [2.75, 3.05) is 12.4 Å². The smallest absolute Gasteiger partial charge is 0.870 e. The molecule has 0 saturated carbocycles. The molecule has 4 rings (SSSR count). The van der Waals surface area contributed by atoms with Crippen molar-refractivity contribution < 1.29 is 57.2 Å². The molecule has 0 fully saturated rings. The minimum absolute atomic E-state index is 0. The van der Waals surface area contributed by atoms with E-state index in [9.17, 15) is 22.9 Å². The molecule has 9 nitrogen and oxygen atoms in total. The van der Waals surface area contributed by atoms with Crippen molar-refractivity contribution in [3.63, 3.8) is 0 Å². The van der Waals surface area contributed by atoms with Crippen molar-refractivity contribution in [3.8, 4) is 11.5 Å². The minimum Gasteiger partial charge on any atom is -0.870 e. The van der Waals surface area contributed by atoms with E-state index in [4.69, 9.17) is 27.9 Å². The summed E-state index contributed by atoms with van der Waals surface area (Å²) in [5.74, 6) is -1.18. The largest absolute Gasteiger partial charge is 1.00 e. The molecule has 0 aliphatic rings. The third kappa shape index (κ3) is 5.97. The summed E-state index contributed by atoms with van der Waals surface area (Å²) in [6, 6.07) is 15.7. The predicted octanol–water partition coefficient (Wildman–Crippen LogP) is 3.46. The monoisotopic (exact) mass is 581 g/mol. The molecular formula is C25H18Cl2N3NaO6S. The molecule has 0 unspecified atom stereocenters. The number of hydrogen-bond donors (Lipinski definition) is 2. The number of halogens is 2. The van der Waals surface area contributed by atoms with E-state index in [-0.39, 0.29) is 67.8 Å². The number of methoxy groups -OCH3 is 1. The maximum absolute atomic E-state index is 13.4. The average molecular weight is 582 g/mol. The minimum atomic E-state index is -4.64. The van der Waals surface area contributed by atoms with Crippen LogP contribution in [0, 0.1) is 6.92 Å². The van der Waals surface area contributed by atoms with Crippen LogP contribution in [0.1, 0.15) is 15.9 Å². The third-order valence-electron chi connectivity index (χ3n) is 5.44. The van der Waals surface area contributed by atoms with Crippen molar-refractivity contribution in [3.05, 3.63) is 81.8 Å². The molecule has 38 heavy (non-hydrogen) atoms. The molecule has 2 N–H and O–H groups in total. The van der Waals surface area contributed by atoms with Crippen molar-refractivity contribution in [2.24, 2.45) is 10.2 Å². The van der Waals surface area contributed by atoms with Crippen LogP contribution >= 0.6 is 23.2 Å². The molecule has 0 aliphatic carbocycles. The first-order chi connectivity index (χ1) is 17.5. The Bertz CT molecular complexity index is 1700. The van der Waals surface area contributed by atoms with Gasteiger partial charge in [-0.25, -0.2) is 0 Å². The number of fused-ring (bicyclic) bond motifs is 1. The standard InChI is InChI=1S/C25H19Cl2N3O6S.Na/c1-13-10-11-18(20(27)24(13)37(33,34)35)29-30-21-15-7-4-3-6-14(15)12-16(23(21)31)25(32)28-22-17(26)8-5-9-19(22)36-2;/h3-12,31H,1-2H3,(H,28,32)(H,33,34,35);/q;+1/p-1. The second kappa shape index (κ2) is 12.0. The van der Waals surface area contributed by atoms with Crippen LogP contribution in [-0.4, -0.2) is 26.0 Å². The van der Waals surface area contributed by atoms with E-state index >= 15 is 0 Å². The number of rotatable bonds is 6. The maximum Gasteiger partial charge on any atom is 1.00 e. The van der Waals surface area contributed by atoms with E-state index < -0.39 is 26.7 Å². The normalized spacial score (nSPS) is 11.4. The molecule has 0 aromatic heterocycles. The van der Waals surface area contributed by atoms with Gasteiger partial charge in [-0.3, -0.25) is 9.35 Å². The SMILES string of the molecule is COc1cccc(Cl)c1NC(=O)c1cc2ccccc2c(N=Nc2ccc(C)c(S(=O)(=O)O)c2Cl)c1[O-].[Na+]. The first-order valence-electron chi connectivity index (χ1n) is 10.6. The van der Waals surface area contributed by atoms with Crippen LogP contribution in [0.5, 0.6) is 11.5 Å². The van der Waals surface area contributed by atoms with Crippen molar-refractivity contribution in [1.82, 2.24) is 0 Å². The van der Waals surface area contributed by atoms with Gasteiger partial charge in [0.15, 0.2) is 0 Å². The Hall–Kier alpha value is -2.70. The molecular weight excluding hydrogens is 564 g/mol. The number of ether oxygens (including phenoxy) is 1. The van der Waals surface area contributed by atoms with Crippen LogP contribution in [0.2, 0.25) is 10.0 Å². The number of anilines is 1. The van der Waals surface area contributed by atoms with Gasteiger partial charge in [0, 0.05) is 10.9 Å². The molecule has 4 aromatic rings. The van der Waals surface area contributed by atoms with E-state index in [1.807, 2.05) is 0 Å². The van der Waals surface area contributed by atoms with Gasteiger partial charge in [0.2, 0.25) is 0 Å². The summed E-state index contributed by atoms with van der Waals surface area (Å²) in [5, 5.41) is 24.8. The summed E-state index contributed by atoms with van der Waals surface area (Å²) in [4.78, 5) is 12.6. The molecule has 0 heterocycles. The van der Waals surface area contributed by atoms with Gasteiger partial charge in [-0.1, -0.05) is 65.3 Å². The first kappa shape index (κ1) is 29.9. The number of aryl methyl sites for hydroxylation is 1. The predicted molar refractivity (Wildman–Crippen MR) is 140 cm³/mol. The Morgan fingerprint density at radius 2 is 1.76 bits per heavy atom. The number of azo groups is 1. The summed E-state index contributed by atoms with van der Waals surface area (Å²) in [5.41, 5.74) is -0.103. The molecule has 13 heteroatoms. The number of carbonyl (C=O) groups is 1. The van der Waals surface area contributed by atoms with Crippen molar-refractivity contribution >= 4 is 67.1 Å². The molecule has 0 aliphatic heterocycles. The van der Waals surface area contributed by atoms with Gasteiger partial charge in [-0.2, -0.15) is 13.5 Å². The molecule has 0 bridgehead atoms. The average Bonchev–Trinajstić information content (AvgIpc) is 2.84. The van der Waals surface area contributed by atoms with Crippen molar-refractivity contribution in [1.29, 1.82) is 0 Å². The van der Waals surface area contributed by atoms with Crippen LogP contribution < -0.4 is 44.7 Å². The van der Waals surface area contributed by atoms with E-state index in [0.29, 0.717) is 16.5 Å².